The molecule has 0 radical (unpaired) electrons. The topological polar surface area (TPSA) is 59.0 Å². The van der Waals surface area contributed by atoms with Gasteiger partial charge in [-0.1, -0.05) is 18.9 Å². The molecule has 0 unspecified atom stereocenters. The van der Waals surface area contributed by atoms with Crippen LogP contribution < -0.4 is 10.6 Å². The predicted molar refractivity (Wildman–Crippen MR) is 92.9 cm³/mol. The van der Waals surface area contributed by atoms with E-state index < -0.39 is 0 Å². The minimum absolute atomic E-state index is 0.120. The Morgan fingerprint density at radius 3 is 2.74 bits per heavy atom. The van der Waals surface area contributed by atoms with Gasteiger partial charge in [0.25, 0.3) is 5.91 Å². The van der Waals surface area contributed by atoms with Crippen molar-refractivity contribution in [2.45, 2.75) is 52.1 Å². The number of benzene rings is 1. The average molecular weight is 312 g/mol. The van der Waals surface area contributed by atoms with Gasteiger partial charge in [0, 0.05) is 24.0 Å². The first-order valence-electron chi connectivity index (χ1n) is 8.38. The SMILES string of the molecule is CCn1nc(C)cc1C(=O)Nc1cccc(NC2CCCC2)c1. The number of nitrogens with one attached hydrogen (secondary N) is 2. The van der Waals surface area contributed by atoms with Crippen molar-refractivity contribution in [1.29, 1.82) is 0 Å². The average Bonchev–Trinajstić information content (AvgIpc) is 3.16. The number of carbonyl (C=O) groups is 1. The maximum atomic E-state index is 12.5. The summed E-state index contributed by atoms with van der Waals surface area (Å²) in [6.07, 6.45) is 5.06. The van der Waals surface area contributed by atoms with Crippen LogP contribution in [0.4, 0.5) is 11.4 Å². The second kappa shape index (κ2) is 6.86. The first kappa shape index (κ1) is 15.6. The van der Waals surface area contributed by atoms with Crippen LogP contribution in [0.15, 0.2) is 30.3 Å². The summed E-state index contributed by atoms with van der Waals surface area (Å²) in [6.45, 7) is 4.56. The van der Waals surface area contributed by atoms with Gasteiger partial charge in [0.15, 0.2) is 0 Å². The summed E-state index contributed by atoms with van der Waals surface area (Å²) in [7, 11) is 0. The Bertz CT molecular complexity index is 686. The van der Waals surface area contributed by atoms with Crippen LogP contribution in [0.1, 0.15) is 48.8 Å². The van der Waals surface area contributed by atoms with Crippen molar-refractivity contribution in [1.82, 2.24) is 9.78 Å². The Balaban J connectivity index is 1.70. The highest BCUT2D eigenvalue weighted by atomic mass is 16.2. The van der Waals surface area contributed by atoms with E-state index in [4.69, 9.17) is 0 Å². The zero-order valence-electron chi connectivity index (χ0n) is 13.8. The highest BCUT2D eigenvalue weighted by Gasteiger charge is 2.16. The van der Waals surface area contributed by atoms with E-state index in [1.165, 1.54) is 25.7 Å². The molecule has 122 valence electrons. The summed E-state index contributed by atoms with van der Waals surface area (Å²) in [4.78, 5) is 12.5. The quantitative estimate of drug-likeness (QED) is 0.882. The number of aryl methyl sites for hydroxylation is 2. The number of anilines is 2. The molecule has 2 N–H and O–H groups in total. The molecule has 0 bridgehead atoms. The number of rotatable bonds is 5. The van der Waals surface area contributed by atoms with Gasteiger partial charge in [-0.15, -0.1) is 0 Å². The molecule has 1 aromatic heterocycles. The Morgan fingerprint density at radius 1 is 1.26 bits per heavy atom. The standard InChI is InChI=1S/C18H24N4O/c1-3-22-17(11-13(2)21-22)18(23)20-16-10-6-9-15(12-16)19-14-7-4-5-8-14/h6,9-12,14,19H,3-5,7-8H2,1-2H3,(H,20,23). The van der Waals surface area contributed by atoms with Gasteiger partial charge in [-0.05, 0) is 51.0 Å². The zero-order chi connectivity index (χ0) is 16.2. The third kappa shape index (κ3) is 3.73. The summed E-state index contributed by atoms with van der Waals surface area (Å²) < 4.78 is 1.73. The Kier molecular flexibility index (Phi) is 4.65. The molecular weight excluding hydrogens is 288 g/mol. The number of hydrogen-bond acceptors (Lipinski definition) is 3. The van der Waals surface area contributed by atoms with Crippen LogP contribution in [0.25, 0.3) is 0 Å². The normalized spacial score (nSPS) is 14.9. The van der Waals surface area contributed by atoms with Crippen LogP contribution >= 0.6 is 0 Å². The van der Waals surface area contributed by atoms with Gasteiger partial charge in [0.05, 0.1) is 5.69 Å². The number of nitrogens with zero attached hydrogens (tertiary/aromatic N) is 2. The lowest BCUT2D eigenvalue weighted by atomic mass is 10.2. The highest BCUT2D eigenvalue weighted by molar-refractivity contribution is 6.03. The molecule has 1 heterocycles. The molecule has 1 amide bonds. The molecule has 23 heavy (non-hydrogen) atoms. The number of carbonyl (C=O) groups excluding carboxylic acids is 1. The molecule has 5 nitrogen and oxygen atoms in total. The second-order valence-electron chi connectivity index (χ2n) is 6.15. The van der Waals surface area contributed by atoms with Gasteiger partial charge in [0.2, 0.25) is 0 Å². The Labute approximate surface area is 137 Å². The van der Waals surface area contributed by atoms with Gasteiger partial charge >= 0.3 is 0 Å². The molecular formula is C18H24N4O. The van der Waals surface area contributed by atoms with E-state index in [0.29, 0.717) is 18.3 Å². The zero-order valence-corrected chi connectivity index (χ0v) is 13.8. The fourth-order valence-corrected chi connectivity index (χ4v) is 3.16. The van der Waals surface area contributed by atoms with Crippen molar-refractivity contribution >= 4 is 17.3 Å². The van der Waals surface area contributed by atoms with Crippen molar-refractivity contribution < 1.29 is 4.79 Å². The molecule has 0 atom stereocenters. The number of hydrogen-bond donors (Lipinski definition) is 2. The van der Waals surface area contributed by atoms with Crippen LogP contribution in [-0.4, -0.2) is 21.7 Å². The summed E-state index contributed by atoms with van der Waals surface area (Å²) in [6, 6.07) is 10.3. The smallest absolute Gasteiger partial charge is 0.273 e. The van der Waals surface area contributed by atoms with E-state index in [2.05, 4.69) is 21.8 Å². The van der Waals surface area contributed by atoms with Gasteiger partial charge in [-0.2, -0.15) is 5.10 Å². The van der Waals surface area contributed by atoms with Crippen molar-refractivity contribution in [2.24, 2.45) is 0 Å². The molecule has 1 aliphatic carbocycles. The molecule has 0 spiro atoms. The monoisotopic (exact) mass is 312 g/mol. The molecule has 0 aliphatic heterocycles. The van der Waals surface area contributed by atoms with Crippen molar-refractivity contribution in [2.75, 3.05) is 10.6 Å². The van der Waals surface area contributed by atoms with E-state index in [1.54, 1.807) is 4.68 Å². The van der Waals surface area contributed by atoms with Gasteiger partial charge in [-0.25, -0.2) is 0 Å². The van der Waals surface area contributed by atoms with E-state index >= 15 is 0 Å². The molecule has 0 saturated heterocycles. The third-order valence-electron chi connectivity index (χ3n) is 4.28. The molecule has 1 saturated carbocycles. The number of amides is 1. The Morgan fingerprint density at radius 2 is 2.00 bits per heavy atom. The fourth-order valence-electron chi connectivity index (χ4n) is 3.16. The number of aromatic nitrogens is 2. The molecule has 1 aromatic carbocycles. The largest absolute Gasteiger partial charge is 0.382 e. The highest BCUT2D eigenvalue weighted by Crippen LogP contribution is 2.24. The lowest BCUT2D eigenvalue weighted by Gasteiger charge is -2.14. The van der Waals surface area contributed by atoms with Crippen LogP contribution in [-0.2, 0) is 6.54 Å². The van der Waals surface area contributed by atoms with Crippen molar-refractivity contribution in [3.8, 4) is 0 Å². The van der Waals surface area contributed by atoms with Gasteiger partial charge in [-0.3, -0.25) is 9.48 Å². The van der Waals surface area contributed by atoms with E-state index in [0.717, 1.165) is 17.1 Å². The van der Waals surface area contributed by atoms with Crippen LogP contribution in [0.2, 0.25) is 0 Å². The maximum Gasteiger partial charge on any atom is 0.273 e. The molecule has 1 aliphatic rings. The van der Waals surface area contributed by atoms with Crippen LogP contribution in [0, 0.1) is 6.92 Å². The second-order valence-corrected chi connectivity index (χ2v) is 6.15. The minimum Gasteiger partial charge on any atom is -0.382 e. The van der Waals surface area contributed by atoms with E-state index in [1.807, 2.05) is 38.1 Å². The van der Waals surface area contributed by atoms with E-state index in [-0.39, 0.29) is 5.91 Å². The van der Waals surface area contributed by atoms with Crippen molar-refractivity contribution in [3.05, 3.63) is 41.7 Å². The lowest BCUT2D eigenvalue weighted by molar-refractivity contribution is 0.101. The summed E-state index contributed by atoms with van der Waals surface area (Å²) in [5.41, 5.74) is 3.32. The lowest BCUT2D eigenvalue weighted by Crippen LogP contribution is -2.18. The summed E-state index contributed by atoms with van der Waals surface area (Å²) >= 11 is 0. The fraction of sp³-hybridized carbons (Fsp3) is 0.444. The first-order chi connectivity index (χ1) is 11.2. The molecule has 2 aromatic rings. The first-order valence-corrected chi connectivity index (χ1v) is 8.38. The molecule has 1 fully saturated rings. The third-order valence-corrected chi connectivity index (χ3v) is 4.28. The predicted octanol–water partition coefficient (Wildman–Crippen LogP) is 3.82. The minimum atomic E-state index is -0.120. The van der Waals surface area contributed by atoms with Crippen molar-refractivity contribution in [3.63, 3.8) is 0 Å². The van der Waals surface area contributed by atoms with Gasteiger partial charge in [0.1, 0.15) is 5.69 Å². The van der Waals surface area contributed by atoms with Crippen LogP contribution in [0.5, 0.6) is 0 Å². The molecule has 3 rings (SSSR count). The molecule has 5 heteroatoms. The van der Waals surface area contributed by atoms with Gasteiger partial charge < -0.3 is 10.6 Å². The Hall–Kier alpha value is -2.30. The van der Waals surface area contributed by atoms with Crippen LogP contribution in [0.3, 0.4) is 0 Å². The summed E-state index contributed by atoms with van der Waals surface area (Å²) in [5, 5.41) is 10.8. The maximum absolute atomic E-state index is 12.5. The van der Waals surface area contributed by atoms with E-state index in [9.17, 15) is 4.79 Å². The summed E-state index contributed by atoms with van der Waals surface area (Å²) in [5.74, 6) is -0.120.